The van der Waals surface area contributed by atoms with Crippen LogP contribution in [-0.2, 0) is 0 Å². The second-order valence-corrected chi connectivity index (χ2v) is 6.13. The Morgan fingerprint density at radius 3 is 2.29 bits per heavy atom. The molecule has 0 unspecified atom stereocenters. The second-order valence-electron chi connectivity index (χ2n) is 4.49. The predicted molar refractivity (Wildman–Crippen MR) is 68.2 cm³/mol. The molecule has 1 rings (SSSR count). The van der Waals surface area contributed by atoms with Crippen molar-refractivity contribution >= 4 is 31.9 Å². The molecule has 0 heterocycles. The number of halogens is 2. The van der Waals surface area contributed by atoms with Gasteiger partial charge >= 0.3 is 0 Å². The summed E-state index contributed by atoms with van der Waals surface area (Å²) in [6, 6.07) is 6.11. The van der Waals surface area contributed by atoms with Crippen LogP contribution in [0.2, 0.25) is 0 Å². The van der Waals surface area contributed by atoms with Gasteiger partial charge in [-0.2, -0.15) is 0 Å². The van der Waals surface area contributed by atoms with Crippen LogP contribution < -0.4 is 5.73 Å². The van der Waals surface area contributed by atoms with Gasteiger partial charge in [-0.05, 0) is 48.9 Å². The van der Waals surface area contributed by atoms with E-state index in [-0.39, 0.29) is 11.5 Å². The molecular formula is C11H15Br2N. The molecule has 0 saturated carbocycles. The van der Waals surface area contributed by atoms with Gasteiger partial charge in [0, 0.05) is 15.0 Å². The zero-order chi connectivity index (χ0) is 10.9. The highest BCUT2D eigenvalue weighted by molar-refractivity contribution is 9.13. The quantitative estimate of drug-likeness (QED) is 0.822. The van der Waals surface area contributed by atoms with E-state index in [0.29, 0.717) is 0 Å². The summed E-state index contributed by atoms with van der Waals surface area (Å²) in [6.45, 7) is 6.43. The van der Waals surface area contributed by atoms with E-state index in [1.807, 2.05) is 12.1 Å². The number of hydrogen-bond acceptors (Lipinski definition) is 1. The summed E-state index contributed by atoms with van der Waals surface area (Å²) in [5.41, 5.74) is 7.41. The number of benzene rings is 1. The summed E-state index contributed by atoms with van der Waals surface area (Å²) >= 11 is 7.03. The number of rotatable bonds is 1. The predicted octanol–water partition coefficient (Wildman–Crippen LogP) is 4.26. The maximum atomic E-state index is 6.19. The molecule has 0 bridgehead atoms. The van der Waals surface area contributed by atoms with Gasteiger partial charge in [0.2, 0.25) is 0 Å². The Bertz CT molecular complexity index is 329. The number of nitrogens with two attached hydrogens (primary N) is 1. The molecule has 0 radical (unpaired) electrons. The van der Waals surface area contributed by atoms with Crippen LogP contribution >= 0.6 is 31.9 Å². The van der Waals surface area contributed by atoms with Crippen molar-refractivity contribution in [3.8, 4) is 0 Å². The van der Waals surface area contributed by atoms with E-state index in [0.717, 1.165) is 14.5 Å². The lowest BCUT2D eigenvalue weighted by atomic mass is 9.83. The Hall–Kier alpha value is 0.140. The maximum absolute atomic E-state index is 6.19. The Morgan fingerprint density at radius 2 is 1.79 bits per heavy atom. The van der Waals surface area contributed by atoms with Crippen LogP contribution in [0, 0.1) is 5.41 Å². The van der Waals surface area contributed by atoms with Crippen molar-refractivity contribution < 1.29 is 0 Å². The summed E-state index contributed by atoms with van der Waals surface area (Å²) < 4.78 is 2.11. The topological polar surface area (TPSA) is 26.0 Å². The van der Waals surface area contributed by atoms with Crippen LogP contribution in [-0.4, -0.2) is 0 Å². The molecule has 0 aliphatic carbocycles. The van der Waals surface area contributed by atoms with Gasteiger partial charge in [0.15, 0.2) is 0 Å². The zero-order valence-electron chi connectivity index (χ0n) is 8.64. The molecule has 1 nitrogen and oxygen atoms in total. The zero-order valence-corrected chi connectivity index (χ0v) is 11.8. The lowest BCUT2D eigenvalue weighted by molar-refractivity contribution is 0.326. The van der Waals surface area contributed by atoms with Gasteiger partial charge in [-0.1, -0.05) is 32.9 Å². The van der Waals surface area contributed by atoms with Crippen molar-refractivity contribution in [1.82, 2.24) is 0 Å². The normalized spacial score (nSPS) is 14.1. The minimum absolute atomic E-state index is 0.0365. The van der Waals surface area contributed by atoms with Crippen molar-refractivity contribution in [3.63, 3.8) is 0 Å². The van der Waals surface area contributed by atoms with Crippen molar-refractivity contribution in [2.24, 2.45) is 11.1 Å². The summed E-state index contributed by atoms with van der Waals surface area (Å²) in [6.07, 6.45) is 0. The molecule has 1 aromatic carbocycles. The highest BCUT2D eigenvalue weighted by Gasteiger charge is 2.24. The standard InChI is InChI=1S/C11H15Br2N/c1-11(2,3)10(14)7-5-4-6-8(12)9(7)13/h4-6,10H,14H2,1-3H3/t10-/m0/s1. The van der Waals surface area contributed by atoms with E-state index in [9.17, 15) is 0 Å². The summed E-state index contributed by atoms with van der Waals surface area (Å²) in [4.78, 5) is 0. The molecule has 0 aliphatic heterocycles. The molecular weight excluding hydrogens is 306 g/mol. The molecule has 3 heteroatoms. The van der Waals surface area contributed by atoms with Gasteiger partial charge in [-0.25, -0.2) is 0 Å². The second kappa shape index (κ2) is 4.33. The van der Waals surface area contributed by atoms with Gasteiger partial charge in [-0.15, -0.1) is 0 Å². The van der Waals surface area contributed by atoms with Gasteiger partial charge < -0.3 is 5.73 Å². The molecule has 0 fully saturated rings. The molecule has 2 N–H and O–H groups in total. The molecule has 0 amide bonds. The van der Waals surface area contributed by atoms with Gasteiger partial charge in [0.05, 0.1) is 0 Å². The van der Waals surface area contributed by atoms with E-state index < -0.39 is 0 Å². The average Bonchev–Trinajstić information content (AvgIpc) is 2.07. The first-order chi connectivity index (χ1) is 6.34. The van der Waals surface area contributed by atoms with Crippen LogP contribution in [0.5, 0.6) is 0 Å². The van der Waals surface area contributed by atoms with Gasteiger partial charge in [0.25, 0.3) is 0 Å². The van der Waals surface area contributed by atoms with E-state index in [1.54, 1.807) is 0 Å². The third-order valence-corrected chi connectivity index (χ3v) is 4.33. The SMILES string of the molecule is CC(C)(C)[C@@H](N)c1cccc(Br)c1Br. The first-order valence-corrected chi connectivity index (χ1v) is 6.12. The van der Waals surface area contributed by atoms with E-state index in [1.165, 1.54) is 0 Å². The first kappa shape index (κ1) is 12.2. The summed E-state index contributed by atoms with van der Waals surface area (Å²) in [5.74, 6) is 0. The summed E-state index contributed by atoms with van der Waals surface area (Å²) in [5, 5.41) is 0. The van der Waals surface area contributed by atoms with Crippen molar-refractivity contribution in [3.05, 3.63) is 32.7 Å². The van der Waals surface area contributed by atoms with Crippen LogP contribution in [0.4, 0.5) is 0 Å². The Labute approximate surface area is 102 Å². The Morgan fingerprint density at radius 1 is 1.21 bits per heavy atom. The fourth-order valence-corrected chi connectivity index (χ4v) is 2.12. The average molecular weight is 321 g/mol. The molecule has 14 heavy (non-hydrogen) atoms. The molecule has 1 aromatic rings. The fraction of sp³-hybridized carbons (Fsp3) is 0.455. The smallest absolute Gasteiger partial charge is 0.0365 e. The van der Waals surface area contributed by atoms with Crippen LogP contribution in [0.15, 0.2) is 27.1 Å². The molecule has 0 spiro atoms. The number of hydrogen-bond donors (Lipinski definition) is 1. The highest BCUT2D eigenvalue weighted by Crippen LogP contribution is 2.37. The maximum Gasteiger partial charge on any atom is 0.0365 e. The van der Waals surface area contributed by atoms with Crippen molar-refractivity contribution in [2.75, 3.05) is 0 Å². The van der Waals surface area contributed by atoms with Crippen molar-refractivity contribution in [1.29, 1.82) is 0 Å². The Kier molecular flexibility index (Phi) is 3.78. The molecule has 0 aliphatic rings. The van der Waals surface area contributed by atoms with E-state index >= 15 is 0 Å². The summed E-state index contributed by atoms with van der Waals surface area (Å²) in [7, 11) is 0. The largest absolute Gasteiger partial charge is 0.323 e. The monoisotopic (exact) mass is 319 g/mol. The highest BCUT2D eigenvalue weighted by atomic mass is 79.9. The van der Waals surface area contributed by atoms with E-state index in [4.69, 9.17) is 5.73 Å². The molecule has 78 valence electrons. The van der Waals surface area contributed by atoms with Crippen molar-refractivity contribution in [2.45, 2.75) is 26.8 Å². The molecule has 1 atom stereocenters. The molecule has 0 saturated heterocycles. The van der Waals surface area contributed by atoms with Crippen LogP contribution in [0.1, 0.15) is 32.4 Å². The molecule has 0 aromatic heterocycles. The first-order valence-electron chi connectivity index (χ1n) is 4.53. The van der Waals surface area contributed by atoms with Crippen LogP contribution in [0.3, 0.4) is 0 Å². The fourth-order valence-electron chi connectivity index (χ4n) is 1.23. The third kappa shape index (κ3) is 2.59. The van der Waals surface area contributed by atoms with Gasteiger partial charge in [-0.3, -0.25) is 0 Å². The lowest BCUT2D eigenvalue weighted by Gasteiger charge is -2.28. The minimum atomic E-state index is 0.0365. The Balaban J connectivity index is 3.14. The van der Waals surface area contributed by atoms with E-state index in [2.05, 4.69) is 58.7 Å². The minimum Gasteiger partial charge on any atom is -0.323 e. The lowest BCUT2D eigenvalue weighted by Crippen LogP contribution is -2.26. The van der Waals surface area contributed by atoms with Crippen LogP contribution in [0.25, 0.3) is 0 Å². The van der Waals surface area contributed by atoms with Gasteiger partial charge in [0.1, 0.15) is 0 Å². The third-order valence-electron chi connectivity index (χ3n) is 2.25.